The van der Waals surface area contributed by atoms with Crippen LogP contribution in [0.1, 0.15) is 49.3 Å². The number of nitrogens with zero attached hydrogens (tertiary/aromatic N) is 7. The van der Waals surface area contributed by atoms with Crippen LogP contribution in [0.15, 0.2) is 31.0 Å². The monoisotopic (exact) mass is 468 g/mol. The minimum absolute atomic E-state index is 0.183. The molecule has 8 nitrogen and oxygen atoms in total. The predicted molar refractivity (Wildman–Crippen MR) is 119 cm³/mol. The molecule has 176 valence electrons. The quantitative estimate of drug-likeness (QED) is 0.467. The zero-order chi connectivity index (χ0) is 23.4. The van der Waals surface area contributed by atoms with Gasteiger partial charge in [-0.15, -0.1) is 0 Å². The van der Waals surface area contributed by atoms with Gasteiger partial charge in [-0.2, -0.15) is 13.2 Å². The third-order valence-corrected chi connectivity index (χ3v) is 6.59. The molecule has 0 amide bonds. The summed E-state index contributed by atoms with van der Waals surface area (Å²) in [6.45, 7) is 2.50. The lowest BCUT2D eigenvalue weighted by atomic mass is 9.95. The van der Waals surface area contributed by atoms with E-state index in [1.54, 1.807) is 0 Å². The number of pyridine rings is 1. The van der Waals surface area contributed by atoms with E-state index in [2.05, 4.69) is 29.8 Å². The van der Waals surface area contributed by atoms with Crippen molar-refractivity contribution in [3.63, 3.8) is 0 Å². The molecule has 1 N–H and O–H groups in total. The van der Waals surface area contributed by atoms with E-state index in [1.165, 1.54) is 42.8 Å². The highest BCUT2D eigenvalue weighted by molar-refractivity contribution is 5.86. The van der Waals surface area contributed by atoms with Crippen LogP contribution >= 0.6 is 0 Å². The van der Waals surface area contributed by atoms with Crippen LogP contribution in [0.25, 0.3) is 22.6 Å². The number of nitrogens with one attached hydrogen (secondary N) is 1. The molecule has 4 heterocycles. The Bertz CT molecular complexity index is 1350. The summed E-state index contributed by atoms with van der Waals surface area (Å²) in [5.41, 5.74) is 3.28. The first kappa shape index (κ1) is 21.1. The summed E-state index contributed by atoms with van der Waals surface area (Å²) in [5.74, 6) is 1.14. The summed E-state index contributed by atoms with van der Waals surface area (Å²) < 4.78 is 43.0. The molecule has 0 bridgehead atoms. The Morgan fingerprint density at radius 1 is 1.09 bits per heavy atom. The molecule has 0 aromatic carbocycles. The molecule has 0 saturated heterocycles. The Morgan fingerprint density at radius 2 is 1.94 bits per heavy atom. The molecule has 6 rings (SSSR count). The number of aryl methyl sites for hydroxylation is 2. The van der Waals surface area contributed by atoms with Gasteiger partial charge in [0.25, 0.3) is 0 Å². The predicted octanol–water partition coefficient (Wildman–Crippen LogP) is 4.43. The van der Waals surface area contributed by atoms with Crippen molar-refractivity contribution in [3.05, 3.63) is 48.1 Å². The van der Waals surface area contributed by atoms with Crippen molar-refractivity contribution in [2.75, 3.05) is 5.32 Å². The number of alkyl halides is 3. The SMILES string of the molecule is CCn1c(-c2ccc(C(F)(F)F)nc2)nc2c(N[C@@H]3CCc4ncn(C5CC5)c4C3)ncnc21. The normalized spacial score (nSPS) is 18.3. The Hall–Kier alpha value is -3.50. The van der Waals surface area contributed by atoms with Gasteiger partial charge in [0, 0.05) is 42.5 Å². The van der Waals surface area contributed by atoms with Crippen LogP contribution in [-0.2, 0) is 25.6 Å². The van der Waals surface area contributed by atoms with Crippen molar-refractivity contribution in [1.29, 1.82) is 0 Å². The maximum Gasteiger partial charge on any atom is 0.433 e. The minimum atomic E-state index is -4.49. The van der Waals surface area contributed by atoms with E-state index in [1.807, 2.05) is 17.8 Å². The highest BCUT2D eigenvalue weighted by Crippen LogP contribution is 2.38. The molecule has 0 spiro atoms. The van der Waals surface area contributed by atoms with Gasteiger partial charge in [-0.1, -0.05) is 0 Å². The maximum absolute atomic E-state index is 12.9. The molecule has 2 aliphatic carbocycles. The van der Waals surface area contributed by atoms with E-state index in [0.29, 0.717) is 41.0 Å². The zero-order valence-electron chi connectivity index (χ0n) is 18.5. The first-order chi connectivity index (χ1) is 16.4. The van der Waals surface area contributed by atoms with E-state index >= 15 is 0 Å². The third kappa shape index (κ3) is 3.59. The second-order valence-electron chi connectivity index (χ2n) is 8.86. The topological polar surface area (TPSA) is 86.3 Å². The average molecular weight is 468 g/mol. The second-order valence-corrected chi connectivity index (χ2v) is 8.86. The summed E-state index contributed by atoms with van der Waals surface area (Å²) in [4.78, 5) is 21.8. The van der Waals surface area contributed by atoms with Crippen molar-refractivity contribution in [2.45, 2.75) is 63.8 Å². The summed E-state index contributed by atoms with van der Waals surface area (Å²) >= 11 is 0. The Kier molecular flexibility index (Phi) is 4.82. The smallest absolute Gasteiger partial charge is 0.365 e. The first-order valence-corrected chi connectivity index (χ1v) is 11.5. The van der Waals surface area contributed by atoms with Crippen LogP contribution in [0.4, 0.5) is 19.0 Å². The number of aromatic nitrogens is 7. The summed E-state index contributed by atoms with van der Waals surface area (Å²) in [7, 11) is 0. The van der Waals surface area contributed by atoms with Crippen LogP contribution in [0.2, 0.25) is 0 Å². The van der Waals surface area contributed by atoms with Gasteiger partial charge in [0.1, 0.15) is 17.8 Å². The van der Waals surface area contributed by atoms with Crippen molar-refractivity contribution in [2.24, 2.45) is 0 Å². The third-order valence-electron chi connectivity index (χ3n) is 6.59. The van der Waals surface area contributed by atoms with Gasteiger partial charge in [-0.05, 0) is 44.7 Å². The molecule has 2 aliphatic rings. The number of hydrogen-bond acceptors (Lipinski definition) is 6. The lowest BCUT2D eigenvalue weighted by Crippen LogP contribution is -2.29. The molecular weight excluding hydrogens is 445 g/mol. The van der Waals surface area contributed by atoms with Gasteiger partial charge in [0.05, 0.1) is 12.0 Å². The van der Waals surface area contributed by atoms with Crippen LogP contribution in [0, 0.1) is 0 Å². The molecule has 4 aromatic rings. The van der Waals surface area contributed by atoms with E-state index in [9.17, 15) is 13.2 Å². The van der Waals surface area contributed by atoms with Gasteiger partial charge in [-0.25, -0.2) is 19.9 Å². The maximum atomic E-state index is 12.9. The molecule has 1 atom stereocenters. The zero-order valence-corrected chi connectivity index (χ0v) is 18.5. The number of rotatable bonds is 5. The molecule has 1 saturated carbocycles. The Labute approximate surface area is 193 Å². The average Bonchev–Trinajstić information content (AvgIpc) is 3.46. The van der Waals surface area contributed by atoms with Gasteiger partial charge in [0.15, 0.2) is 17.0 Å². The highest BCUT2D eigenvalue weighted by atomic mass is 19.4. The van der Waals surface area contributed by atoms with E-state index < -0.39 is 11.9 Å². The molecule has 0 unspecified atom stereocenters. The fourth-order valence-electron chi connectivity index (χ4n) is 4.74. The number of imidazole rings is 2. The van der Waals surface area contributed by atoms with Gasteiger partial charge in [-0.3, -0.25) is 4.98 Å². The highest BCUT2D eigenvalue weighted by Gasteiger charge is 2.33. The van der Waals surface area contributed by atoms with Crippen molar-refractivity contribution >= 4 is 17.0 Å². The molecule has 0 radical (unpaired) electrons. The lowest BCUT2D eigenvalue weighted by Gasteiger charge is -2.24. The first-order valence-electron chi connectivity index (χ1n) is 11.5. The van der Waals surface area contributed by atoms with Crippen molar-refractivity contribution in [1.82, 2.24) is 34.1 Å². The molecule has 34 heavy (non-hydrogen) atoms. The van der Waals surface area contributed by atoms with E-state index in [-0.39, 0.29) is 6.04 Å². The summed E-state index contributed by atoms with van der Waals surface area (Å²) in [6.07, 6.45) is 5.32. The molecule has 11 heteroatoms. The van der Waals surface area contributed by atoms with Gasteiger partial charge >= 0.3 is 6.18 Å². The van der Waals surface area contributed by atoms with Crippen molar-refractivity contribution in [3.8, 4) is 11.4 Å². The standard InChI is InChI=1S/C23H23F3N8/c1-2-33-21(13-3-8-18(27-10-13)23(24,25)26)32-19-20(28-11-29-22(19)33)31-14-4-7-16-17(9-14)34(12-30-16)15-5-6-15/h3,8,10-12,14-15H,2,4-7,9H2,1H3,(H,28,29,31)/t14-/m1/s1. The fraction of sp³-hybridized carbons (Fsp3) is 0.435. The van der Waals surface area contributed by atoms with Gasteiger partial charge < -0.3 is 14.5 Å². The Balaban J connectivity index is 1.32. The molecule has 1 fully saturated rings. The van der Waals surface area contributed by atoms with Crippen LogP contribution in [-0.4, -0.2) is 40.1 Å². The Morgan fingerprint density at radius 3 is 2.65 bits per heavy atom. The molecule has 4 aromatic heterocycles. The minimum Gasteiger partial charge on any atom is -0.365 e. The second kappa shape index (κ2) is 7.78. The van der Waals surface area contributed by atoms with Gasteiger partial charge in [0.2, 0.25) is 0 Å². The lowest BCUT2D eigenvalue weighted by molar-refractivity contribution is -0.141. The fourth-order valence-corrected chi connectivity index (χ4v) is 4.74. The molecular formula is C23H23F3N8. The summed E-state index contributed by atoms with van der Waals surface area (Å²) in [5, 5.41) is 3.55. The van der Waals surface area contributed by atoms with Crippen LogP contribution in [0.5, 0.6) is 0 Å². The largest absolute Gasteiger partial charge is 0.433 e. The number of hydrogen-bond donors (Lipinski definition) is 1. The number of halogens is 3. The number of anilines is 1. The molecule has 0 aliphatic heterocycles. The van der Waals surface area contributed by atoms with E-state index in [0.717, 1.165) is 25.3 Å². The van der Waals surface area contributed by atoms with Crippen molar-refractivity contribution < 1.29 is 13.2 Å². The van der Waals surface area contributed by atoms with Crippen LogP contribution in [0.3, 0.4) is 0 Å². The summed E-state index contributed by atoms with van der Waals surface area (Å²) in [6, 6.07) is 3.14. The number of fused-ring (bicyclic) bond motifs is 2. The van der Waals surface area contributed by atoms with E-state index in [4.69, 9.17) is 4.98 Å². The van der Waals surface area contributed by atoms with Crippen LogP contribution < -0.4 is 5.32 Å².